The van der Waals surface area contributed by atoms with E-state index in [1.807, 2.05) is 19.1 Å². The number of aromatic nitrogens is 2. The van der Waals surface area contributed by atoms with Crippen molar-refractivity contribution >= 4 is 52.1 Å². The summed E-state index contributed by atoms with van der Waals surface area (Å²) >= 11 is 5.69. The first kappa shape index (κ1) is 31.3. The number of nitrogens with zero attached hydrogens (tertiary/aromatic N) is 5. The third-order valence-corrected chi connectivity index (χ3v) is 8.53. The smallest absolute Gasteiger partial charge is 0.369 e. The van der Waals surface area contributed by atoms with Gasteiger partial charge in [0.15, 0.2) is 0 Å². The number of halogens is 4. The first-order valence-corrected chi connectivity index (χ1v) is 15.1. The van der Waals surface area contributed by atoms with Gasteiger partial charge in [-0.3, -0.25) is 9.59 Å². The van der Waals surface area contributed by atoms with Crippen molar-refractivity contribution in [1.29, 1.82) is 0 Å². The second-order valence-corrected chi connectivity index (χ2v) is 11.8. The van der Waals surface area contributed by atoms with Crippen LogP contribution in [0.1, 0.15) is 37.5 Å². The minimum absolute atomic E-state index is 0.200. The summed E-state index contributed by atoms with van der Waals surface area (Å²) in [6.45, 7) is 6.19. The SMILES string of the molecule is Cc1ccc(NC(=O)c2ccc(Cl)c(C(F)(F)F)c2)cc1N1CCc2nc(Nc3ccc(N4CCN(C)CC4)cc3)ncc2C1=O. The zero-order chi connectivity index (χ0) is 32.6. The van der Waals surface area contributed by atoms with Gasteiger partial charge in [0.2, 0.25) is 5.95 Å². The van der Waals surface area contributed by atoms with Crippen molar-refractivity contribution in [2.24, 2.45) is 0 Å². The molecule has 9 nitrogen and oxygen atoms in total. The van der Waals surface area contributed by atoms with Crippen LogP contribution in [0.15, 0.2) is 66.9 Å². The van der Waals surface area contributed by atoms with E-state index < -0.39 is 22.7 Å². The van der Waals surface area contributed by atoms with E-state index in [1.165, 1.54) is 12.3 Å². The predicted octanol–water partition coefficient (Wildman–Crippen LogP) is 6.41. The van der Waals surface area contributed by atoms with Gasteiger partial charge >= 0.3 is 6.18 Å². The van der Waals surface area contributed by atoms with Gasteiger partial charge in [0.1, 0.15) is 0 Å². The molecule has 6 rings (SSSR count). The molecule has 2 amide bonds. The van der Waals surface area contributed by atoms with Crippen LogP contribution in [-0.4, -0.2) is 66.5 Å². The van der Waals surface area contributed by atoms with Crippen LogP contribution in [0, 0.1) is 6.92 Å². The summed E-state index contributed by atoms with van der Waals surface area (Å²) in [7, 11) is 2.13. The summed E-state index contributed by atoms with van der Waals surface area (Å²) < 4.78 is 39.9. The predicted molar refractivity (Wildman–Crippen MR) is 172 cm³/mol. The number of likely N-dealkylation sites (N-methyl/N-ethyl adjacent to an activating group) is 1. The zero-order valence-corrected chi connectivity index (χ0v) is 25.9. The average molecular weight is 650 g/mol. The quantitative estimate of drug-likeness (QED) is 0.249. The summed E-state index contributed by atoms with van der Waals surface area (Å²) in [6, 6.07) is 16.1. The minimum Gasteiger partial charge on any atom is -0.369 e. The van der Waals surface area contributed by atoms with Gasteiger partial charge in [0.05, 0.1) is 21.8 Å². The summed E-state index contributed by atoms with van der Waals surface area (Å²) in [5, 5.41) is 5.36. The fourth-order valence-electron chi connectivity index (χ4n) is 5.56. The van der Waals surface area contributed by atoms with Crippen LogP contribution >= 0.6 is 11.6 Å². The van der Waals surface area contributed by atoms with Crippen molar-refractivity contribution in [2.75, 3.05) is 60.2 Å². The number of anilines is 5. The Morgan fingerprint density at radius 1 is 0.935 bits per heavy atom. The molecule has 2 aliphatic rings. The largest absolute Gasteiger partial charge is 0.417 e. The van der Waals surface area contributed by atoms with E-state index >= 15 is 0 Å². The van der Waals surface area contributed by atoms with Crippen LogP contribution in [0.25, 0.3) is 0 Å². The number of aryl methyl sites for hydroxylation is 1. The van der Waals surface area contributed by atoms with Crippen molar-refractivity contribution in [2.45, 2.75) is 19.5 Å². The first-order chi connectivity index (χ1) is 22.0. The Morgan fingerprint density at radius 2 is 1.65 bits per heavy atom. The highest BCUT2D eigenvalue weighted by molar-refractivity contribution is 6.31. The average Bonchev–Trinajstić information content (AvgIpc) is 3.03. The van der Waals surface area contributed by atoms with Crippen LogP contribution in [0.4, 0.5) is 41.9 Å². The lowest BCUT2D eigenvalue weighted by atomic mass is 10.0. The number of benzene rings is 3. The Labute approximate surface area is 269 Å². The summed E-state index contributed by atoms with van der Waals surface area (Å²) in [5.74, 6) is -0.637. The number of piperazine rings is 1. The molecule has 1 saturated heterocycles. The number of fused-ring (bicyclic) bond motifs is 1. The molecular formula is C33H31ClF3N7O2. The standard InChI is InChI=1S/C33H31ClF3N7O2/c1-20-3-5-23(39-30(45)21-4-10-27(34)26(17-21)33(35,36)37)18-29(20)44-12-11-28-25(31(44)46)19-38-32(41-28)40-22-6-8-24(9-7-22)43-15-13-42(2)14-16-43/h3-10,17-19H,11-16H2,1-2H3,(H,39,45)(H,38,40,41). The van der Waals surface area contributed by atoms with Crippen molar-refractivity contribution in [3.05, 3.63) is 99.8 Å². The first-order valence-electron chi connectivity index (χ1n) is 14.7. The maximum atomic E-state index is 13.6. The molecule has 0 atom stereocenters. The summed E-state index contributed by atoms with van der Waals surface area (Å²) in [4.78, 5) is 41.7. The minimum atomic E-state index is -4.70. The van der Waals surface area contributed by atoms with Gasteiger partial charge < -0.3 is 25.3 Å². The zero-order valence-electron chi connectivity index (χ0n) is 25.2. The summed E-state index contributed by atoms with van der Waals surface area (Å²) in [5.41, 5.74) is 3.36. The van der Waals surface area contributed by atoms with Crippen LogP contribution in [0.5, 0.6) is 0 Å². The van der Waals surface area contributed by atoms with E-state index in [1.54, 1.807) is 23.1 Å². The maximum absolute atomic E-state index is 13.6. The second-order valence-electron chi connectivity index (χ2n) is 11.4. The molecule has 0 radical (unpaired) electrons. The number of rotatable bonds is 6. The van der Waals surface area contributed by atoms with E-state index in [2.05, 4.69) is 49.6 Å². The highest BCUT2D eigenvalue weighted by Crippen LogP contribution is 2.36. The van der Waals surface area contributed by atoms with Crippen LogP contribution in [0.2, 0.25) is 5.02 Å². The molecule has 0 aliphatic carbocycles. The molecule has 3 heterocycles. The van der Waals surface area contributed by atoms with Gasteiger partial charge in [-0.05, 0) is 74.1 Å². The second kappa shape index (κ2) is 12.6. The fraction of sp³-hybridized carbons (Fsp3) is 0.273. The molecule has 0 spiro atoms. The lowest BCUT2D eigenvalue weighted by molar-refractivity contribution is -0.137. The van der Waals surface area contributed by atoms with Crippen LogP contribution < -0.4 is 20.4 Å². The van der Waals surface area contributed by atoms with Crippen molar-refractivity contribution in [3.63, 3.8) is 0 Å². The number of hydrogen-bond acceptors (Lipinski definition) is 7. The molecule has 238 valence electrons. The van der Waals surface area contributed by atoms with Crippen LogP contribution in [-0.2, 0) is 12.6 Å². The number of carbonyl (C=O) groups is 2. The Hall–Kier alpha value is -4.68. The van der Waals surface area contributed by atoms with E-state index in [0.717, 1.165) is 49.2 Å². The molecule has 0 saturated carbocycles. The number of nitrogens with one attached hydrogen (secondary N) is 2. The maximum Gasteiger partial charge on any atom is 0.417 e. The number of carbonyl (C=O) groups excluding carboxylic acids is 2. The monoisotopic (exact) mass is 649 g/mol. The summed E-state index contributed by atoms with van der Waals surface area (Å²) in [6.07, 6.45) is -2.72. The lowest BCUT2D eigenvalue weighted by Gasteiger charge is -2.34. The molecule has 4 aromatic rings. The molecule has 0 unspecified atom stereocenters. The topological polar surface area (TPSA) is 93.7 Å². The van der Waals surface area contributed by atoms with Gasteiger partial charge in [0.25, 0.3) is 11.8 Å². The van der Waals surface area contributed by atoms with E-state index in [-0.39, 0.29) is 11.5 Å². The van der Waals surface area contributed by atoms with Gasteiger partial charge in [-0.2, -0.15) is 13.2 Å². The molecule has 46 heavy (non-hydrogen) atoms. The van der Waals surface area contributed by atoms with Crippen molar-refractivity contribution < 1.29 is 22.8 Å². The Bertz CT molecular complexity index is 1790. The molecule has 2 aliphatic heterocycles. The van der Waals surface area contributed by atoms with E-state index in [0.29, 0.717) is 47.6 Å². The lowest BCUT2D eigenvalue weighted by Crippen LogP contribution is -2.44. The van der Waals surface area contributed by atoms with Gasteiger partial charge in [-0.1, -0.05) is 17.7 Å². The third kappa shape index (κ3) is 6.63. The molecule has 0 bridgehead atoms. The van der Waals surface area contributed by atoms with Gasteiger partial charge in [0, 0.05) is 73.7 Å². The normalized spacial score (nSPS) is 15.5. The molecule has 1 aromatic heterocycles. The molecule has 3 aromatic carbocycles. The third-order valence-electron chi connectivity index (χ3n) is 8.20. The van der Waals surface area contributed by atoms with E-state index in [9.17, 15) is 22.8 Å². The van der Waals surface area contributed by atoms with Crippen molar-refractivity contribution in [3.8, 4) is 0 Å². The van der Waals surface area contributed by atoms with E-state index in [4.69, 9.17) is 11.6 Å². The molecule has 2 N–H and O–H groups in total. The molecule has 1 fully saturated rings. The van der Waals surface area contributed by atoms with Gasteiger partial charge in [-0.25, -0.2) is 9.97 Å². The fourth-order valence-corrected chi connectivity index (χ4v) is 5.78. The number of amides is 2. The number of hydrogen-bond donors (Lipinski definition) is 2. The molecule has 13 heteroatoms. The highest BCUT2D eigenvalue weighted by atomic mass is 35.5. The Kier molecular flexibility index (Phi) is 8.58. The van der Waals surface area contributed by atoms with Crippen molar-refractivity contribution in [1.82, 2.24) is 14.9 Å². The molecular weight excluding hydrogens is 619 g/mol. The van der Waals surface area contributed by atoms with Gasteiger partial charge in [-0.15, -0.1) is 0 Å². The Balaban J connectivity index is 1.14. The highest BCUT2D eigenvalue weighted by Gasteiger charge is 2.34. The Morgan fingerprint density at radius 3 is 2.37 bits per heavy atom. The van der Waals surface area contributed by atoms with Crippen LogP contribution in [0.3, 0.4) is 0 Å². The number of alkyl halides is 3.